The van der Waals surface area contributed by atoms with E-state index in [1.807, 2.05) is 26.0 Å². The van der Waals surface area contributed by atoms with Gasteiger partial charge in [-0.2, -0.15) is 0 Å². The highest BCUT2D eigenvalue weighted by Crippen LogP contribution is 2.20. The Morgan fingerprint density at radius 2 is 1.86 bits per heavy atom. The van der Waals surface area contributed by atoms with Crippen molar-refractivity contribution in [2.45, 2.75) is 20.4 Å². The third kappa shape index (κ3) is 4.57. The Morgan fingerprint density at radius 1 is 1.07 bits per heavy atom. The molecule has 2 aromatic carbocycles. The van der Waals surface area contributed by atoms with E-state index in [-0.39, 0.29) is 17.4 Å². The van der Waals surface area contributed by atoms with Gasteiger partial charge in [0.05, 0.1) is 11.9 Å². The van der Waals surface area contributed by atoms with Crippen LogP contribution < -0.4 is 16.4 Å². The molecule has 0 aliphatic carbocycles. The van der Waals surface area contributed by atoms with E-state index in [1.54, 1.807) is 24.3 Å². The number of nitrogens with one attached hydrogen (secondary N) is 2. The highest BCUT2D eigenvalue weighted by atomic mass is 16.2. The van der Waals surface area contributed by atoms with Gasteiger partial charge in [0, 0.05) is 24.7 Å². The quantitative estimate of drug-likeness (QED) is 0.621. The van der Waals surface area contributed by atoms with Crippen LogP contribution in [0, 0.1) is 13.8 Å². The molecular formula is C22H23N5O2. The summed E-state index contributed by atoms with van der Waals surface area (Å²) in [5.74, 6) is -0.558. The minimum Gasteiger partial charge on any atom is -0.382 e. The van der Waals surface area contributed by atoms with Gasteiger partial charge in [0.15, 0.2) is 11.5 Å². The van der Waals surface area contributed by atoms with Gasteiger partial charge >= 0.3 is 0 Å². The number of carbonyl (C=O) groups excluding carboxylic acids is 2. The van der Waals surface area contributed by atoms with Crippen molar-refractivity contribution in [2.24, 2.45) is 0 Å². The number of benzene rings is 2. The molecule has 0 aliphatic heterocycles. The number of nitrogens with two attached hydrogens (primary N) is 1. The summed E-state index contributed by atoms with van der Waals surface area (Å²) in [6, 6.07) is 13.2. The Morgan fingerprint density at radius 3 is 2.62 bits per heavy atom. The van der Waals surface area contributed by atoms with E-state index in [1.165, 1.54) is 13.2 Å². The van der Waals surface area contributed by atoms with Gasteiger partial charge in [-0.05, 0) is 37.1 Å². The lowest BCUT2D eigenvalue weighted by Gasteiger charge is -2.10. The van der Waals surface area contributed by atoms with Gasteiger partial charge < -0.3 is 16.4 Å². The lowest BCUT2D eigenvalue weighted by Crippen LogP contribution is -2.23. The standard InChI is InChI=1S/C22H23N5O2/c1-13-7-8-14(2)17(9-13)11-26-21(28)16-6-4-5-15(10-16)18-12-25-20(23)19(27-18)22(29)24-3/h4-10,12H,11H2,1-3H3,(H2,23,25)(H,24,29)(H,26,28). The molecule has 0 radical (unpaired) electrons. The number of aryl methyl sites for hydroxylation is 2. The first-order chi connectivity index (χ1) is 13.9. The van der Waals surface area contributed by atoms with Crippen LogP contribution in [0.15, 0.2) is 48.7 Å². The minimum absolute atomic E-state index is 0.0507. The molecule has 148 valence electrons. The Hall–Kier alpha value is -3.74. The highest BCUT2D eigenvalue weighted by molar-refractivity contribution is 5.97. The maximum Gasteiger partial charge on any atom is 0.273 e. The largest absolute Gasteiger partial charge is 0.382 e. The van der Waals surface area contributed by atoms with Gasteiger partial charge in [0.2, 0.25) is 0 Å². The Labute approximate surface area is 169 Å². The molecular weight excluding hydrogens is 366 g/mol. The molecule has 3 rings (SSSR count). The van der Waals surface area contributed by atoms with Crippen molar-refractivity contribution in [1.82, 2.24) is 20.6 Å². The summed E-state index contributed by atoms with van der Waals surface area (Å²) in [5.41, 5.74) is 10.8. The van der Waals surface area contributed by atoms with Crippen molar-refractivity contribution in [1.29, 1.82) is 0 Å². The second kappa shape index (κ2) is 8.52. The van der Waals surface area contributed by atoms with Crippen molar-refractivity contribution < 1.29 is 9.59 Å². The van der Waals surface area contributed by atoms with Gasteiger partial charge in [-0.15, -0.1) is 0 Å². The van der Waals surface area contributed by atoms with Crippen LogP contribution in [0.2, 0.25) is 0 Å². The lowest BCUT2D eigenvalue weighted by atomic mass is 10.0. The Balaban J connectivity index is 1.81. The molecule has 1 aromatic heterocycles. The second-order valence-electron chi connectivity index (χ2n) is 6.76. The third-order valence-corrected chi connectivity index (χ3v) is 4.61. The summed E-state index contributed by atoms with van der Waals surface area (Å²) >= 11 is 0. The number of rotatable bonds is 5. The number of hydrogen-bond donors (Lipinski definition) is 3. The van der Waals surface area contributed by atoms with Gasteiger partial charge in [0.25, 0.3) is 11.8 Å². The number of nitrogens with zero attached hydrogens (tertiary/aromatic N) is 2. The predicted octanol–water partition coefficient (Wildman–Crippen LogP) is 2.63. The maximum absolute atomic E-state index is 12.6. The summed E-state index contributed by atoms with van der Waals surface area (Å²) in [6.45, 7) is 4.49. The molecule has 0 fully saturated rings. The first-order valence-corrected chi connectivity index (χ1v) is 9.18. The number of anilines is 1. The fourth-order valence-corrected chi connectivity index (χ4v) is 2.91. The maximum atomic E-state index is 12.6. The molecule has 3 aromatic rings. The first-order valence-electron chi connectivity index (χ1n) is 9.18. The van der Waals surface area contributed by atoms with Crippen LogP contribution in [-0.4, -0.2) is 28.8 Å². The normalized spacial score (nSPS) is 10.4. The summed E-state index contributed by atoms with van der Waals surface area (Å²) in [5, 5.41) is 5.44. The predicted molar refractivity (Wildman–Crippen MR) is 112 cm³/mol. The number of amides is 2. The van der Waals surface area contributed by atoms with Gasteiger partial charge in [0.1, 0.15) is 0 Å². The van der Waals surface area contributed by atoms with Crippen LogP contribution in [0.3, 0.4) is 0 Å². The van der Waals surface area contributed by atoms with Crippen LogP contribution in [0.25, 0.3) is 11.3 Å². The summed E-state index contributed by atoms with van der Waals surface area (Å²) in [4.78, 5) is 32.9. The first kappa shape index (κ1) is 20.0. The van der Waals surface area contributed by atoms with E-state index in [9.17, 15) is 9.59 Å². The van der Waals surface area contributed by atoms with Crippen LogP contribution in [-0.2, 0) is 6.54 Å². The number of carbonyl (C=O) groups is 2. The lowest BCUT2D eigenvalue weighted by molar-refractivity contribution is 0.0945. The van der Waals surface area contributed by atoms with Crippen molar-refractivity contribution in [3.05, 3.63) is 76.6 Å². The average molecular weight is 389 g/mol. The van der Waals surface area contributed by atoms with Crippen LogP contribution >= 0.6 is 0 Å². The number of hydrogen-bond acceptors (Lipinski definition) is 5. The fourth-order valence-electron chi connectivity index (χ4n) is 2.91. The van der Waals surface area contributed by atoms with E-state index < -0.39 is 5.91 Å². The zero-order valence-electron chi connectivity index (χ0n) is 16.6. The van der Waals surface area contributed by atoms with Crippen LogP contribution in [0.1, 0.15) is 37.5 Å². The fraction of sp³-hybridized carbons (Fsp3) is 0.182. The Kier molecular flexibility index (Phi) is 5.87. The molecule has 1 heterocycles. The molecule has 0 atom stereocenters. The molecule has 0 spiro atoms. The van der Waals surface area contributed by atoms with E-state index in [0.29, 0.717) is 23.4 Å². The van der Waals surface area contributed by atoms with Gasteiger partial charge in [-0.25, -0.2) is 9.97 Å². The van der Waals surface area contributed by atoms with Crippen molar-refractivity contribution in [3.63, 3.8) is 0 Å². The molecule has 4 N–H and O–H groups in total. The molecule has 7 nitrogen and oxygen atoms in total. The SMILES string of the molecule is CNC(=O)c1nc(-c2cccc(C(=O)NCc3cc(C)ccc3C)c2)cnc1N. The van der Waals surface area contributed by atoms with Crippen LogP contribution in [0.4, 0.5) is 5.82 Å². The van der Waals surface area contributed by atoms with E-state index >= 15 is 0 Å². The zero-order chi connectivity index (χ0) is 21.0. The molecule has 0 bridgehead atoms. The molecule has 0 unspecified atom stereocenters. The average Bonchev–Trinajstić information content (AvgIpc) is 2.74. The highest BCUT2D eigenvalue weighted by Gasteiger charge is 2.14. The van der Waals surface area contributed by atoms with E-state index in [4.69, 9.17) is 5.73 Å². The Bertz CT molecular complexity index is 1080. The van der Waals surface area contributed by atoms with Crippen molar-refractivity contribution in [3.8, 4) is 11.3 Å². The molecule has 0 saturated carbocycles. The number of nitrogen functional groups attached to an aromatic ring is 1. The summed E-state index contributed by atoms with van der Waals surface area (Å²) in [6.07, 6.45) is 1.48. The smallest absolute Gasteiger partial charge is 0.273 e. The third-order valence-electron chi connectivity index (χ3n) is 4.61. The second-order valence-corrected chi connectivity index (χ2v) is 6.76. The minimum atomic E-state index is -0.417. The van der Waals surface area contributed by atoms with Gasteiger partial charge in [-0.3, -0.25) is 9.59 Å². The van der Waals surface area contributed by atoms with E-state index in [0.717, 1.165) is 16.7 Å². The molecule has 7 heteroatoms. The molecule has 2 amide bonds. The zero-order valence-corrected chi connectivity index (χ0v) is 16.6. The van der Waals surface area contributed by atoms with E-state index in [2.05, 4.69) is 26.7 Å². The topological polar surface area (TPSA) is 110 Å². The van der Waals surface area contributed by atoms with Gasteiger partial charge in [-0.1, -0.05) is 35.9 Å². The summed E-state index contributed by atoms with van der Waals surface area (Å²) < 4.78 is 0. The monoisotopic (exact) mass is 389 g/mol. The van der Waals surface area contributed by atoms with Crippen molar-refractivity contribution in [2.75, 3.05) is 12.8 Å². The summed E-state index contributed by atoms with van der Waals surface area (Å²) in [7, 11) is 1.50. The van der Waals surface area contributed by atoms with Crippen LogP contribution in [0.5, 0.6) is 0 Å². The molecule has 29 heavy (non-hydrogen) atoms. The van der Waals surface area contributed by atoms with Crippen molar-refractivity contribution >= 4 is 17.6 Å². The molecule has 0 aliphatic rings. The number of aromatic nitrogens is 2. The molecule has 0 saturated heterocycles.